The molecule has 0 aliphatic rings. The highest BCUT2D eigenvalue weighted by molar-refractivity contribution is 7.86. The monoisotopic (exact) mass is 569 g/mol. The van der Waals surface area contributed by atoms with Crippen molar-refractivity contribution in [2.24, 2.45) is 0 Å². The molecule has 1 atom stereocenters. The summed E-state index contributed by atoms with van der Waals surface area (Å²) in [6.45, 7) is 6.99. The Bertz CT molecular complexity index is 1350. The highest BCUT2D eigenvalue weighted by Crippen LogP contribution is 2.17. The second-order valence-electron chi connectivity index (χ2n) is 10.1. The summed E-state index contributed by atoms with van der Waals surface area (Å²) in [6.07, 6.45) is -0.569. The van der Waals surface area contributed by atoms with Crippen LogP contribution in [0.3, 0.4) is 0 Å². The van der Waals surface area contributed by atoms with Crippen molar-refractivity contribution in [3.8, 4) is 5.75 Å². The Balaban J connectivity index is 1.55. The number of amides is 1. The first kappa shape index (κ1) is 30.6. The van der Waals surface area contributed by atoms with Gasteiger partial charge in [0.25, 0.3) is 10.1 Å². The maximum absolute atomic E-state index is 12.9. The zero-order chi connectivity index (χ0) is 29.2. The van der Waals surface area contributed by atoms with E-state index in [2.05, 4.69) is 5.32 Å². The molecular formula is C30H35NO8S. The summed E-state index contributed by atoms with van der Waals surface area (Å²) in [5.41, 5.74) is 1.78. The molecule has 3 aromatic rings. The third-order valence-corrected chi connectivity index (χ3v) is 6.79. The van der Waals surface area contributed by atoms with E-state index >= 15 is 0 Å². The summed E-state index contributed by atoms with van der Waals surface area (Å²) in [6, 6.07) is 21.5. The number of carbonyl (C=O) groups is 2. The van der Waals surface area contributed by atoms with Gasteiger partial charge in [-0.05, 0) is 63.1 Å². The highest BCUT2D eigenvalue weighted by atomic mass is 32.2. The number of ether oxygens (including phenoxy) is 3. The average Bonchev–Trinajstić information content (AvgIpc) is 2.90. The molecule has 0 saturated heterocycles. The summed E-state index contributed by atoms with van der Waals surface area (Å²) >= 11 is 0. The van der Waals surface area contributed by atoms with Crippen molar-refractivity contribution in [3.63, 3.8) is 0 Å². The summed E-state index contributed by atoms with van der Waals surface area (Å²) in [4.78, 5) is 25.4. The van der Waals surface area contributed by atoms with E-state index in [9.17, 15) is 18.0 Å². The van der Waals surface area contributed by atoms with Gasteiger partial charge >= 0.3 is 12.1 Å². The van der Waals surface area contributed by atoms with Gasteiger partial charge in [0, 0.05) is 6.42 Å². The first-order valence-corrected chi connectivity index (χ1v) is 14.2. The molecule has 9 nitrogen and oxygen atoms in total. The largest absolute Gasteiger partial charge is 0.491 e. The zero-order valence-corrected chi connectivity index (χ0v) is 23.9. The first-order chi connectivity index (χ1) is 18.9. The van der Waals surface area contributed by atoms with Crippen LogP contribution in [0.15, 0.2) is 83.8 Å². The van der Waals surface area contributed by atoms with Crippen LogP contribution >= 0.6 is 0 Å². The van der Waals surface area contributed by atoms with Crippen molar-refractivity contribution in [1.82, 2.24) is 5.32 Å². The zero-order valence-electron chi connectivity index (χ0n) is 23.1. The van der Waals surface area contributed by atoms with E-state index < -0.39 is 33.8 Å². The van der Waals surface area contributed by atoms with Crippen molar-refractivity contribution in [2.45, 2.75) is 57.3 Å². The van der Waals surface area contributed by atoms with E-state index in [0.29, 0.717) is 5.75 Å². The number of hydrogen-bond acceptors (Lipinski definition) is 8. The van der Waals surface area contributed by atoms with Gasteiger partial charge in [-0.25, -0.2) is 9.59 Å². The minimum atomic E-state index is -3.87. The van der Waals surface area contributed by atoms with Crippen LogP contribution in [0.2, 0.25) is 0 Å². The number of esters is 1. The maximum Gasteiger partial charge on any atom is 0.408 e. The van der Waals surface area contributed by atoms with Gasteiger partial charge in [-0.3, -0.25) is 4.18 Å². The Kier molecular flexibility index (Phi) is 10.7. The van der Waals surface area contributed by atoms with Crippen molar-refractivity contribution in [1.29, 1.82) is 0 Å². The fourth-order valence-electron chi connectivity index (χ4n) is 3.51. The van der Waals surface area contributed by atoms with Gasteiger partial charge in [0.05, 0.1) is 4.90 Å². The SMILES string of the molecule is Cc1ccc(S(=O)(=O)OCCOc2ccc(C[C@H](NC(=O)OC(C)(C)C)C(=O)OCc3ccccc3)cc2)cc1. The van der Waals surface area contributed by atoms with Crippen molar-refractivity contribution in [3.05, 3.63) is 95.6 Å². The van der Waals surface area contributed by atoms with Gasteiger partial charge in [0.1, 0.15) is 37.2 Å². The summed E-state index contributed by atoms with van der Waals surface area (Å²) in [5, 5.41) is 2.60. The van der Waals surface area contributed by atoms with Crippen LogP contribution in [0.4, 0.5) is 4.79 Å². The topological polar surface area (TPSA) is 117 Å². The standard InChI is InChI=1S/C30H35NO8S/c1-22-10-16-26(17-11-22)40(34,35)38-19-18-36-25-14-12-23(13-15-25)20-27(31-29(33)39-30(2,3)4)28(32)37-21-24-8-6-5-7-9-24/h5-17,27H,18-21H2,1-4H3,(H,31,33)/t27-/m0/s1. The molecule has 0 heterocycles. The molecule has 1 amide bonds. The summed E-state index contributed by atoms with van der Waals surface area (Å²) < 4.78 is 46.0. The van der Waals surface area contributed by atoms with E-state index in [4.69, 9.17) is 18.4 Å². The molecule has 3 rings (SSSR count). The molecule has 0 radical (unpaired) electrons. The molecule has 214 valence electrons. The van der Waals surface area contributed by atoms with Crippen molar-refractivity contribution in [2.75, 3.05) is 13.2 Å². The van der Waals surface area contributed by atoms with E-state index in [1.54, 1.807) is 57.2 Å². The lowest BCUT2D eigenvalue weighted by atomic mass is 10.1. The fourth-order valence-corrected chi connectivity index (χ4v) is 4.40. The van der Waals surface area contributed by atoms with Gasteiger partial charge in [-0.15, -0.1) is 0 Å². The second-order valence-corrected chi connectivity index (χ2v) is 11.7. The molecule has 40 heavy (non-hydrogen) atoms. The van der Waals surface area contributed by atoms with E-state index in [1.807, 2.05) is 37.3 Å². The summed E-state index contributed by atoms with van der Waals surface area (Å²) in [5.74, 6) is -0.106. The van der Waals surface area contributed by atoms with E-state index in [0.717, 1.165) is 16.7 Å². The molecule has 0 saturated carbocycles. The Hall–Kier alpha value is -3.89. The molecule has 0 aliphatic heterocycles. The smallest absolute Gasteiger partial charge is 0.408 e. The molecule has 0 fully saturated rings. The molecule has 0 unspecified atom stereocenters. The molecule has 3 aromatic carbocycles. The summed E-state index contributed by atoms with van der Waals surface area (Å²) in [7, 11) is -3.87. The first-order valence-electron chi connectivity index (χ1n) is 12.8. The number of hydrogen-bond donors (Lipinski definition) is 1. The van der Waals surface area contributed by atoms with Gasteiger partial charge in [0.2, 0.25) is 0 Å². The van der Waals surface area contributed by atoms with E-state index in [1.165, 1.54) is 12.1 Å². The average molecular weight is 570 g/mol. The number of carbonyl (C=O) groups excluding carboxylic acids is 2. The molecule has 0 aliphatic carbocycles. The second kappa shape index (κ2) is 14.0. The fraction of sp³-hybridized carbons (Fsp3) is 0.333. The minimum absolute atomic E-state index is 0.0130. The number of rotatable bonds is 12. The van der Waals surface area contributed by atoms with Crippen LogP contribution in [0.25, 0.3) is 0 Å². The van der Waals surface area contributed by atoms with Crippen molar-refractivity contribution >= 4 is 22.2 Å². The predicted molar refractivity (Wildman–Crippen MR) is 149 cm³/mol. The molecule has 0 bridgehead atoms. The predicted octanol–water partition coefficient (Wildman–Crippen LogP) is 4.96. The lowest BCUT2D eigenvalue weighted by Crippen LogP contribution is -2.45. The molecule has 1 N–H and O–H groups in total. The number of benzene rings is 3. The molecule has 10 heteroatoms. The lowest BCUT2D eigenvalue weighted by molar-refractivity contribution is -0.147. The molecule has 0 aromatic heterocycles. The quantitative estimate of drug-likeness (QED) is 0.185. The lowest BCUT2D eigenvalue weighted by Gasteiger charge is -2.23. The van der Waals surface area contributed by atoms with Crippen LogP contribution in [-0.2, 0) is 41.6 Å². The van der Waals surface area contributed by atoms with Crippen molar-refractivity contribution < 1.29 is 36.4 Å². The van der Waals surface area contributed by atoms with Gasteiger partial charge in [0.15, 0.2) is 0 Å². The normalized spacial score (nSPS) is 12.3. The van der Waals surface area contributed by atoms with Gasteiger partial charge in [-0.2, -0.15) is 8.42 Å². The Labute approximate surface area is 235 Å². The Morgan fingerprint density at radius 3 is 2.12 bits per heavy atom. The van der Waals surface area contributed by atoms with Crippen LogP contribution in [0, 0.1) is 6.92 Å². The highest BCUT2D eigenvalue weighted by Gasteiger charge is 2.26. The number of aryl methyl sites for hydroxylation is 1. The third-order valence-electron chi connectivity index (χ3n) is 5.46. The Morgan fingerprint density at radius 2 is 1.50 bits per heavy atom. The van der Waals surface area contributed by atoms with Crippen LogP contribution in [0.5, 0.6) is 5.75 Å². The Morgan fingerprint density at radius 1 is 0.850 bits per heavy atom. The van der Waals surface area contributed by atoms with Crippen LogP contribution < -0.4 is 10.1 Å². The molecular weight excluding hydrogens is 534 g/mol. The molecule has 0 spiro atoms. The van der Waals surface area contributed by atoms with E-state index in [-0.39, 0.29) is 31.1 Å². The number of nitrogens with one attached hydrogen (secondary N) is 1. The minimum Gasteiger partial charge on any atom is -0.491 e. The maximum atomic E-state index is 12.9. The third kappa shape index (κ3) is 10.3. The van der Waals surface area contributed by atoms with Gasteiger partial charge < -0.3 is 19.5 Å². The number of alkyl carbamates (subject to hydrolysis) is 1. The van der Waals surface area contributed by atoms with Gasteiger partial charge in [-0.1, -0.05) is 60.2 Å². The van der Waals surface area contributed by atoms with Crippen LogP contribution in [0.1, 0.15) is 37.5 Å². The van der Waals surface area contributed by atoms with Crippen LogP contribution in [-0.4, -0.2) is 45.3 Å².